The molecule has 1 aromatic heterocycles. The maximum atomic E-state index is 12.6. The SMILES string of the molecule is CCCn1c(=NC(=O)c2ccc(OCC)cc2)sc2cc(CC)ccc21. The van der Waals surface area contributed by atoms with Gasteiger partial charge in [-0.15, -0.1) is 0 Å². The monoisotopic (exact) mass is 368 g/mol. The van der Waals surface area contributed by atoms with Gasteiger partial charge in [0, 0.05) is 12.1 Å². The zero-order chi connectivity index (χ0) is 18.5. The van der Waals surface area contributed by atoms with E-state index in [4.69, 9.17) is 4.74 Å². The van der Waals surface area contributed by atoms with E-state index in [0.29, 0.717) is 12.2 Å². The van der Waals surface area contributed by atoms with Crippen molar-refractivity contribution in [3.05, 3.63) is 58.4 Å². The Morgan fingerprint density at radius 3 is 2.54 bits per heavy atom. The van der Waals surface area contributed by atoms with Gasteiger partial charge in [0.25, 0.3) is 5.91 Å². The van der Waals surface area contributed by atoms with Crippen LogP contribution in [-0.4, -0.2) is 17.1 Å². The minimum atomic E-state index is -0.222. The van der Waals surface area contributed by atoms with E-state index in [2.05, 4.69) is 41.6 Å². The molecule has 0 bridgehead atoms. The van der Waals surface area contributed by atoms with Crippen LogP contribution in [0.15, 0.2) is 47.5 Å². The first kappa shape index (κ1) is 18.4. The highest BCUT2D eigenvalue weighted by molar-refractivity contribution is 7.16. The lowest BCUT2D eigenvalue weighted by molar-refractivity contribution is 0.0998. The molecule has 0 spiro atoms. The van der Waals surface area contributed by atoms with Gasteiger partial charge in [0.1, 0.15) is 5.75 Å². The second kappa shape index (κ2) is 8.32. The zero-order valence-electron chi connectivity index (χ0n) is 15.5. The molecule has 5 heteroatoms. The second-order valence-electron chi connectivity index (χ2n) is 6.07. The molecule has 2 aromatic carbocycles. The van der Waals surface area contributed by atoms with Gasteiger partial charge < -0.3 is 9.30 Å². The number of carbonyl (C=O) groups is 1. The fourth-order valence-electron chi connectivity index (χ4n) is 2.87. The van der Waals surface area contributed by atoms with Gasteiger partial charge in [-0.25, -0.2) is 0 Å². The largest absolute Gasteiger partial charge is 0.494 e. The van der Waals surface area contributed by atoms with Gasteiger partial charge >= 0.3 is 0 Å². The molecule has 0 radical (unpaired) electrons. The van der Waals surface area contributed by atoms with Gasteiger partial charge in [-0.05, 0) is 61.7 Å². The van der Waals surface area contributed by atoms with Crippen molar-refractivity contribution in [1.29, 1.82) is 0 Å². The summed E-state index contributed by atoms with van der Waals surface area (Å²) in [7, 11) is 0. The van der Waals surface area contributed by atoms with Crippen LogP contribution >= 0.6 is 11.3 Å². The van der Waals surface area contributed by atoms with E-state index in [9.17, 15) is 4.79 Å². The van der Waals surface area contributed by atoms with Gasteiger partial charge in [0.15, 0.2) is 4.80 Å². The number of nitrogens with zero attached hydrogens (tertiary/aromatic N) is 2. The summed E-state index contributed by atoms with van der Waals surface area (Å²) in [6.45, 7) is 7.67. The minimum Gasteiger partial charge on any atom is -0.494 e. The van der Waals surface area contributed by atoms with E-state index >= 15 is 0 Å². The Bertz CT molecular complexity index is 968. The first-order chi connectivity index (χ1) is 12.7. The fourth-order valence-corrected chi connectivity index (χ4v) is 3.99. The van der Waals surface area contributed by atoms with Crippen LogP contribution < -0.4 is 9.54 Å². The van der Waals surface area contributed by atoms with Crippen molar-refractivity contribution in [2.45, 2.75) is 40.2 Å². The summed E-state index contributed by atoms with van der Waals surface area (Å²) in [5.41, 5.74) is 3.02. The predicted octanol–water partition coefficient (Wildman–Crippen LogP) is 4.82. The number of fused-ring (bicyclic) bond motifs is 1. The van der Waals surface area contributed by atoms with Crippen molar-refractivity contribution in [3.63, 3.8) is 0 Å². The summed E-state index contributed by atoms with van der Waals surface area (Å²) >= 11 is 1.58. The van der Waals surface area contributed by atoms with Crippen molar-refractivity contribution < 1.29 is 9.53 Å². The highest BCUT2D eigenvalue weighted by Gasteiger charge is 2.09. The zero-order valence-corrected chi connectivity index (χ0v) is 16.3. The second-order valence-corrected chi connectivity index (χ2v) is 7.08. The maximum Gasteiger partial charge on any atom is 0.279 e. The van der Waals surface area contributed by atoms with Gasteiger partial charge in [0.2, 0.25) is 0 Å². The molecule has 1 amide bonds. The van der Waals surface area contributed by atoms with Crippen molar-refractivity contribution >= 4 is 27.5 Å². The number of hydrogen-bond acceptors (Lipinski definition) is 3. The third kappa shape index (κ3) is 3.88. The van der Waals surface area contributed by atoms with Crippen molar-refractivity contribution in [1.82, 2.24) is 4.57 Å². The predicted molar refractivity (Wildman–Crippen MR) is 107 cm³/mol. The van der Waals surface area contributed by atoms with Crippen LogP contribution in [0.4, 0.5) is 0 Å². The van der Waals surface area contributed by atoms with Crippen LogP contribution in [0.25, 0.3) is 10.2 Å². The van der Waals surface area contributed by atoms with Gasteiger partial charge in [-0.2, -0.15) is 4.99 Å². The lowest BCUT2D eigenvalue weighted by Crippen LogP contribution is -2.16. The van der Waals surface area contributed by atoms with E-state index < -0.39 is 0 Å². The molecule has 0 aliphatic heterocycles. The molecule has 0 unspecified atom stereocenters. The number of benzene rings is 2. The summed E-state index contributed by atoms with van der Waals surface area (Å²) in [4.78, 5) is 17.8. The smallest absolute Gasteiger partial charge is 0.279 e. The lowest BCUT2D eigenvalue weighted by atomic mass is 10.2. The molecule has 0 aliphatic rings. The molecule has 1 heterocycles. The number of carbonyl (C=O) groups excluding carboxylic acids is 1. The first-order valence-corrected chi connectivity index (χ1v) is 9.92. The van der Waals surface area contributed by atoms with E-state index in [0.717, 1.165) is 35.5 Å². The summed E-state index contributed by atoms with van der Waals surface area (Å²) in [5.74, 6) is 0.541. The molecule has 0 saturated carbocycles. The normalized spacial score (nSPS) is 11.9. The van der Waals surface area contributed by atoms with Crippen LogP contribution in [0.5, 0.6) is 5.75 Å². The standard InChI is InChI=1S/C21H24N2O2S/c1-4-13-23-18-12-7-15(5-2)14-19(18)26-21(23)22-20(24)16-8-10-17(11-9-16)25-6-3/h7-12,14H,4-6,13H2,1-3H3. The molecule has 0 atom stereocenters. The molecule has 4 nitrogen and oxygen atoms in total. The Balaban J connectivity index is 2.01. The van der Waals surface area contributed by atoms with E-state index in [1.807, 2.05) is 19.1 Å². The van der Waals surface area contributed by atoms with Gasteiger partial charge in [-0.1, -0.05) is 31.3 Å². The van der Waals surface area contributed by atoms with Crippen molar-refractivity contribution in [3.8, 4) is 5.75 Å². The summed E-state index contributed by atoms with van der Waals surface area (Å²) in [6, 6.07) is 13.6. The summed E-state index contributed by atoms with van der Waals surface area (Å²) in [5, 5.41) is 0. The van der Waals surface area contributed by atoms with Crippen LogP contribution in [-0.2, 0) is 13.0 Å². The minimum absolute atomic E-state index is 0.222. The highest BCUT2D eigenvalue weighted by atomic mass is 32.1. The topological polar surface area (TPSA) is 43.6 Å². The molecule has 0 fully saturated rings. The van der Waals surface area contributed by atoms with Crippen molar-refractivity contribution in [2.75, 3.05) is 6.61 Å². The summed E-state index contributed by atoms with van der Waals surface area (Å²) < 4.78 is 8.75. The third-order valence-electron chi connectivity index (χ3n) is 4.21. The van der Waals surface area contributed by atoms with E-state index in [1.165, 1.54) is 10.3 Å². The third-order valence-corrected chi connectivity index (χ3v) is 5.25. The van der Waals surface area contributed by atoms with Gasteiger partial charge in [0.05, 0.1) is 16.8 Å². The van der Waals surface area contributed by atoms with Crippen molar-refractivity contribution in [2.24, 2.45) is 4.99 Å². The number of hydrogen-bond donors (Lipinski definition) is 0. The molecule has 136 valence electrons. The molecule has 0 aliphatic carbocycles. The Morgan fingerprint density at radius 1 is 1.12 bits per heavy atom. The number of aromatic nitrogens is 1. The molecule has 3 aromatic rings. The Kier molecular flexibility index (Phi) is 5.89. The fraction of sp³-hybridized carbons (Fsp3) is 0.333. The van der Waals surface area contributed by atoms with E-state index in [1.54, 1.807) is 23.5 Å². The number of rotatable bonds is 6. The summed E-state index contributed by atoms with van der Waals surface area (Å²) in [6.07, 6.45) is 1.99. The van der Waals surface area contributed by atoms with Crippen LogP contribution in [0.1, 0.15) is 43.1 Å². The Morgan fingerprint density at radius 2 is 1.88 bits per heavy atom. The molecule has 26 heavy (non-hydrogen) atoms. The number of thiazole rings is 1. The number of aryl methyl sites for hydroxylation is 2. The Labute approximate surface area is 157 Å². The average Bonchev–Trinajstić information content (AvgIpc) is 2.99. The average molecular weight is 369 g/mol. The van der Waals surface area contributed by atoms with Crippen LogP contribution in [0.3, 0.4) is 0 Å². The maximum absolute atomic E-state index is 12.6. The quantitative estimate of drug-likeness (QED) is 0.626. The van der Waals surface area contributed by atoms with Crippen LogP contribution in [0.2, 0.25) is 0 Å². The molecule has 0 N–H and O–H groups in total. The molecule has 3 rings (SSSR count). The molecule has 0 saturated heterocycles. The first-order valence-electron chi connectivity index (χ1n) is 9.10. The number of ether oxygens (including phenoxy) is 1. The van der Waals surface area contributed by atoms with Gasteiger partial charge in [-0.3, -0.25) is 4.79 Å². The molecular weight excluding hydrogens is 344 g/mol. The highest BCUT2D eigenvalue weighted by Crippen LogP contribution is 2.20. The number of amides is 1. The Hall–Kier alpha value is -2.40. The van der Waals surface area contributed by atoms with Crippen LogP contribution in [0, 0.1) is 0 Å². The lowest BCUT2D eigenvalue weighted by Gasteiger charge is -2.04. The molecular formula is C21H24N2O2S. The van der Waals surface area contributed by atoms with E-state index in [-0.39, 0.29) is 5.91 Å².